The van der Waals surface area contributed by atoms with E-state index in [4.69, 9.17) is 61.8 Å². The third-order valence-electron chi connectivity index (χ3n) is 11.7. The van der Waals surface area contributed by atoms with Gasteiger partial charge in [0.1, 0.15) is 43.7 Å². The number of carboxylic acid groups (broad SMARTS) is 1. The van der Waals surface area contributed by atoms with Crippen molar-refractivity contribution in [1.82, 2.24) is 15.1 Å². The van der Waals surface area contributed by atoms with E-state index in [-0.39, 0.29) is 70.4 Å². The largest absolute Gasteiger partial charge is 0.486 e. The van der Waals surface area contributed by atoms with Crippen molar-refractivity contribution in [3.8, 4) is 23.0 Å². The lowest BCUT2D eigenvalue weighted by atomic mass is 9.99. The summed E-state index contributed by atoms with van der Waals surface area (Å²) in [6, 6.07) is 16.6. The lowest BCUT2D eigenvalue weighted by Gasteiger charge is -2.36. The van der Waals surface area contributed by atoms with Crippen molar-refractivity contribution >= 4 is 68.6 Å². The summed E-state index contributed by atoms with van der Waals surface area (Å²) in [5, 5.41) is 34.6. The first-order chi connectivity index (χ1) is 33.1. The number of fused-ring (bicyclic) bond motifs is 4. The number of aliphatic hydroxyl groups excluding tert-OH is 2. The molecule has 17 nitrogen and oxygen atoms in total. The van der Waals surface area contributed by atoms with Gasteiger partial charge in [-0.15, -0.1) is 0 Å². The number of aliphatic hydroxyl groups is 2. The van der Waals surface area contributed by atoms with Crippen molar-refractivity contribution in [2.24, 2.45) is 5.73 Å². The van der Waals surface area contributed by atoms with Gasteiger partial charge in [-0.2, -0.15) is 0 Å². The molecule has 0 unspecified atom stereocenters. The number of halogens is 4. The number of likely N-dealkylation sites (tertiary alicyclic amines) is 2. The minimum Gasteiger partial charge on any atom is -0.486 e. The highest BCUT2D eigenvalue weighted by Gasteiger charge is 2.33. The maximum atomic E-state index is 14.5. The Hall–Kier alpha value is -6.32. The molecule has 6 aromatic rings. The van der Waals surface area contributed by atoms with Gasteiger partial charge in [0, 0.05) is 41.4 Å². The molecule has 71 heavy (non-hydrogen) atoms. The zero-order valence-electron chi connectivity index (χ0n) is 36.6. The van der Waals surface area contributed by atoms with E-state index in [1.54, 1.807) is 42.5 Å². The van der Waals surface area contributed by atoms with Crippen LogP contribution in [0.25, 0.3) is 21.9 Å². The number of amides is 1. The lowest BCUT2D eigenvalue weighted by Crippen LogP contribution is -2.52. The highest BCUT2D eigenvalue weighted by Crippen LogP contribution is 2.38. The molecule has 2 fully saturated rings. The number of ketones is 2. The van der Waals surface area contributed by atoms with Crippen molar-refractivity contribution in [1.29, 1.82) is 0 Å². The molecule has 0 bridgehead atoms. The molecule has 1 amide bonds. The number of Topliss-reactive ketones (excluding diaryl/α,β-unsaturated/α-hetero) is 2. The van der Waals surface area contributed by atoms with Crippen LogP contribution in [0, 0.1) is 11.6 Å². The number of furan rings is 2. The van der Waals surface area contributed by atoms with Gasteiger partial charge in [0.2, 0.25) is 0 Å². The van der Waals surface area contributed by atoms with E-state index in [0.29, 0.717) is 63.1 Å². The van der Waals surface area contributed by atoms with E-state index in [0.717, 1.165) is 38.7 Å². The third-order valence-corrected chi connectivity index (χ3v) is 12.1. The van der Waals surface area contributed by atoms with E-state index >= 15 is 0 Å². The average molecular weight is 1030 g/mol. The van der Waals surface area contributed by atoms with Gasteiger partial charge in [-0.25, -0.2) is 13.6 Å². The molecule has 4 aliphatic rings. The molecule has 6 heterocycles. The number of carbonyl (C=O) groups excluding carboxylic acids is 3. The van der Waals surface area contributed by atoms with Crippen LogP contribution in [0.4, 0.5) is 8.78 Å². The second-order valence-electron chi connectivity index (χ2n) is 16.5. The Morgan fingerprint density at radius 3 is 1.56 bits per heavy atom. The molecule has 2 saturated heterocycles. The number of hydrogen-bond acceptors (Lipinski definition) is 15. The molecule has 0 spiro atoms. The van der Waals surface area contributed by atoms with Crippen LogP contribution >= 0.6 is 23.2 Å². The summed E-state index contributed by atoms with van der Waals surface area (Å²) >= 11 is 11.7. The van der Waals surface area contributed by atoms with Crippen LogP contribution in [0.2, 0.25) is 10.0 Å². The monoisotopic (exact) mass is 1030 g/mol. The summed E-state index contributed by atoms with van der Waals surface area (Å²) in [6.45, 7) is 5.72. The van der Waals surface area contributed by atoms with Crippen molar-refractivity contribution in [2.75, 3.05) is 65.7 Å². The third kappa shape index (κ3) is 12.8. The minimum absolute atomic E-state index is 0. The summed E-state index contributed by atoms with van der Waals surface area (Å²) in [6.07, 6.45) is -0.0461. The van der Waals surface area contributed by atoms with Crippen LogP contribution in [0.3, 0.4) is 0 Å². The molecule has 10 rings (SSSR count). The molecule has 4 atom stereocenters. The minimum atomic E-state index is -1.54. The topological polar surface area (TPSA) is 237 Å². The quantitative estimate of drug-likeness (QED) is 0.0552. The first-order valence-corrected chi connectivity index (χ1v) is 22.6. The van der Waals surface area contributed by atoms with Crippen molar-refractivity contribution in [3.05, 3.63) is 117 Å². The number of ether oxygens (including phenoxy) is 4. The number of hydrogen-bond donors (Lipinski definition) is 5. The molecule has 0 radical (unpaired) electrons. The van der Waals surface area contributed by atoms with Crippen molar-refractivity contribution < 1.29 is 72.5 Å². The summed E-state index contributed by atoms with van der Waals surface area (Å²) in [7, 11) is 0. The van der Waals surface area contributed by atoms with Crippen LogP contribution < -0.4 is 30.0 Å². The first-order valence-electron chi connectivity index (χ1n) is 21.9. The van der Waals surface area contributed by atoms with Crippen LogP contribution in [0.1, 0.15) is 73.6 Å². The van der Waals surface area contributed by atoms with Crippen LogP contribution in [-0.4, -0.2) is 126 Å². The molecular weight excluding hydrogens is 973 g/mol. The number of benzene rings is 4. The maximum Gasteiger partial charge on any atom is 0.380 e. The van der Waals surface area contributed by atoms with Crippen LogP contribution in [-0.2, 0) is 9.59 Å². The molecule has 0 saturated carbocycles. The highest BCUT2D eigenvalue weighted by molar-refractivity contribution is 6.42. The number of nitrogens with one attached hydrogen (secondary N) is 1. The summed E-state index contributed by atoms with van der Waals surface area (Å²) in [4.78, 5) is 51.3. The van der Waals surface area contributed by atoms with Crippen LogP contribution in [0.5, 0.6) is 23.0 Å². The fourth-order valence-corrected chi connectivity index (χ4v) is 8.18. The van der Waals surface area contributed by atoms with E-state index in [1.807, 2.05) is 4.90 Å². The Bertz CT molecular complexity index is 2900. The van der Waals surface area contributed by atoms with Crippen LogP contribution in [0.15, 0.2) is 81.6 Å². The molecule has 4 aliphatic heterocycles. The lowest BCUT2D eigenvalue weighted by molar-refractivity contribution is -0.132. The molecular formula is C50H56Cl2F2N4O13. The second kappa shape index (κ2) is 23.7. The van der Waals surface area contributed by atoms with Gasteiger partial charge in [0.05, 0.1) is 12.1 Å². The van der Waals surface area contributed by atoms with Crippen molar-refractivity contribution in [3.63, 3.8) is 0 Å². The number of nitrogens with two attached hydrogens (primary N) is 1. The Morgan fingerprint density at radius 2 is 1.10 bits per heavy atom. The molecule has 0 aliphatic carbocycles. The van der Waals surface area contributed by atoms with E-state index in [1.165, 1.54) is 30.7 Å². The van der Waals surface area contributed by atoms with Gasteiger partial charge in [0.25, 0.3) is 11.7 Å². The average Bonchev–Trinajstić information content (AvgIpc) is 3.94. The Labute approximate surface area is 418 Å². The van der Waals surface area contributed by atoms with Crippen molar-refractivity contribution in [2.45, 2.75) is 52.0 Å². The van der Waals surface area contributed by atoms with Gasteiger partial charge < -0.3 is 64.0 Å². The maximum absolute atomic E-state index is 14.5. The van der Waals surface area contributed by atoms with Gasteiger partial charge in [-0.1, -0.05) is 38.1 Å². The normalized spacial score (nSPS) is 16.4. The standard InChI is InChI=1S/C24H22ClFN2O6.C14H19FN2O3.C10H5ClO4.2CH4.H2/c25-15-2-3-18-13(8-15)10-19(34-18)22(30)24(31)27-17(12-28-4-1-5-28)21(29)14-9-16(26)23-20(11-14)32-6-7-33-23;15-10-6-9(7-12-14(10)20-5-4-19-12)13(18)11(16)8-17-2-1-3-17;11-6-1-2-7-5(3-6)4-8(15-7)9(12)10(13)14;;;/h2-3,8-11,17,21,29H,1,4-7,12H2,(H,27,31);6-7,11,13,18H,1-5,8,16H2;1-4H,(H,13,14);2*1H4;1H/t17-,21-;11-,13-;;;;/m11..../s1. The SMILES string of the molecule is C.C.N[C@H](CN1CCC1)[C@H](O)c1cc(F)c2c(c1)OCCO2.O=C(N[C@H](CN1CCC1)[C@H](O)c1cc(F)c2c(c1)OCCO2)C(=O)c1cc2cc(Cl)ccc2o1.O=C(O)C(=O)c1cc2cc(Cl)ccc2o1.[HH]. The second-order valence-corrected chi connectivity index (χ2v) is 17.4. The van der Waals surface area contributed by atoms with Gasteiger partial charge in [0.15, 0.2) is 46.2 Å². The summed E-state index contributed by atoms with van der Waals surface area (Å²) in [5.41, 5.74) is 7.49. The zero-order chi connectivity index (χ0) is 48.9. The Balaban J connectivity index is 0.000000216. The summed E-state index contributed by atoms with van der Waals surface area (Å²) < 4.78 is 60.4. The molecule has 21 heteroatoms. The zero-order valence-corrected chi connectivity index (χ0v) is 38.1. The Kier molecular flexibility index (Phi) is 18.1. The fourth-order valence-electron chi connectivity index (χ4n) is 7.82. The first kappa shape index (κ1) is 54.0. The number of aliphatic carboxylic acids is 1. The molecule has 4 aromatic carbocycles. The molecule has 2 aromatic heterocycles. The highest BCUT2D eigenvalue weighted by atomic mass is 35.5. The van der Waals surface area contributed by atoms with E-state index in [9.17, 15) is 38.2 Å². The van der Waals surface area contributed by atoms with E-state index < -0.39 is 59.4 Å². The smallest absolute Gasteiger partial charge is 0.380 e. The fraction of sp³-hybridized carbons (Fsp3) is 0.360. The number of nitrogens with zero attached hydrogens (tertiary/aromatic N) is 2. The Morgan fingerprint density at radius 1 is 0.648 bits per heavy atom. The predicted molar refractivity (Wildman–Crippen MR) is 261 cm³/mol. The van der Waals surface area contributed by atoms with Gasteiger partial charge >= 0.3 is 11.8 Å². The molecule has 382 valence electrons. The number of carboxylic acids is 1. The molecule has 6 N–H and O–H groups in total. The predicted octanol–water partition coefficient (Wildman–Crippen LogP) is 7.64. The number of carbonyl (C=O) groups is 4. The van der Waals surface area contributed by atoms with Gasteiger partial charge in [-0.3, -0.25) is 14.4 Å². The number of rotatable bonds is 13. The van der Waals surface area contributed by atoms with E-state index in [2.05, 4.69) is 10.2 Å². The van der Waals surface area contributed by atoms with Gasteiger partial charge in [-0.05, 0) is 123 Å². The summed E-state index contributed by atoms with van der Waals surface area (Å²) in [5.74, 6) is -5.33.